The van der Waals surface area contributed by atoms with Crippen molar-refractivity contribution in [2.45, 2.75) is 13.5 Å². The number of aryl methyl sites for hydroxylation is 1. The zero-order valence-corrected chi connectivity index (χ0v) is 16.1. The molecule has 0 aliphatic heterocycles. The monoisotopic (exact) mass is 400 g/mol. The van der Waals surface area contributed by atoms with Crippen LogP contribution >= 0.6 is 0 Å². The van der Waals surface area contributed by atoms with Crippen LogP contribution in [0.5, 0.6) is 5.75 Å². The van der Waals surface area contributed by atoms with Crippen LogP contribution in [0.3, 0.4) is 0 Å². The molecule has 148 valence electrons. The standard InChI is InChI=1S/C22H17FN6O/c1-14-2-7-18(29-28-14)12-25-22-19-10-16(15-3-5-17(23)6-4-15)11-20(30-9-8-24)21(19)26-13-27-22/h2-7,10-11,13H,9,12H2,1H3,(H,25,26,27). The van der Waals surface area contributed by atoms with Gasteiger partial charge in [-0.3, -0.25) is 0 Å². The number of hydrogen-bond donors (Lipinski definition) is 1. The maximum atomic E-state index is 13.4. The minimum absolute atomic E-state index is 0.117. The zero-order chi connectivity index (χ0) is 20.9. The van der Waals surface area contributed by atoms with Gasteiger partial charge in [0.05, 0.1) is 17.9 Å². The molecule has 0 spiro atoms. The molecule has 0 radical (unpaired) electrons. The van der Waals surface area contributed by atoms with E-state index in [0.29, 0.717) is 29.0 Å². The van der Waals surface area contributed by atoms with Gasteiger partial charge in [-0.2, -0.15) is 15.5 Å². The molecule has 30 heavy (non-hydrogen) atoms. The first-order valence-corrected chi connectivity index (χ1v) is 9.21. The molecule has 0 aliphatic carbocycles. The fourth-order valence-corrected chi connectivity index (χ4v) is 3.00. The summed E-state index contributed by atoms with van der Waals surface area (Å²) in [5.74, 6) is 0.729. The van der Waals surface area contributed by atoms with Gasteiger partial charge in [0, 0.05) is 5.39 Å². The Morgan fingerprint density at radius 3 is 2.60 bits per heavy atom. The summed E-state index contributed by atoms with van der Waals surface area (Å²) in [7, 11) is 0. The van der Waals surface area contributed by atoms with Crippen LogP contribution in [0.1, 0.15) is 11.4 Å². The summed E-state index contributed by atoms with van der Waals surface area (Å²) in [4.78, 5) is 8.70. The molecule has 2 aromatic carbocycles. The van der Waals surface area contributed by atoms with Crippen molar-refractivity contribution in [1.29, 1.82) is 5.26 Å². The number of aromatic nitrogens is 4. The first-order chi connectivity index (χ1) is 14.6. The predicted octanol–water partition coefficient (Wildman–Crippen LogP) is 4.05. The van der Waals surface area contributed by atoms with E-state index in [1.54, 1.807) is 18.2 Å². The second-order valence-electron chi connectivity index (χ2n) is 6.57. The van der Waals surface area contributed by atoms with Gasteiger partial charge in [0.1, 0.15) is 35.3 Å². The number of nitrogens with one attached hydrogen (secondary N) is 1. The average Bonchev–Trinajstić information content (AvgIpc) is 2.77. The Labute approximate surface area is 172 Å². The molecule has 4 rings (SSSR count). The van der Waals surface area contributed by atoms with Crippen LogP contribution in [0.15, 0.2) is 54.9 Å². The fourth-order valence-electron chi connectivity index (χ4n) is 3.00. The zero-order valence-electron chi connectivity index (χ0n) is 16.1. The quantitative estimate of drug-likeness (QED) is 0.521. The van der Waals surface area contributed by atoms with Gasteiger partial charge in [-0.1, -0.05) is 12.1 Å². The molecule has 0 unspecified atom stereocenters. The first-order valence-electron chi connectivity index (χ1n) is 9.21. The van der Waals surface area contributed by atoms with E-state index in [4.69, 9.17) is 10.00 Å². The number of hydrogen-bond acceptors (Lipinski definition) is 7. The summed E-state index contributed by atoms with van der Waals surface area (Å²) in [6.45, 7) is 2.18. The molecule has 0 aliphatic rings. The van der Waals surface area contributed by atoms with Crippen molar-refractivity contribution in [2.24, 2.45) is 0 Å². The summed E-state index contributed by atoms with van der Waals surface area (Å²) in [5.41, 5.74) is 3.78. The largest absolute Gasteiger partial charge is 0.476 e. The highest BCUT2D eigenvalue weighted by Crippen LogP contribution is 2.34. The molecule has 0 fully saturated rings. The number of rotatable bonds is 6. The van der Waals surface area contributed by atoms with Gasteiger partial charge < -0.3 is 10.1 Å². The van der Waals surface area contributed by atoms with E-state index in [9.17, 15) is 4.39 Å². The molecule has 1 N–H and O–H groups in total. The Bertz CT molecular complexity index is 1220. The molecule has 0 bridgehead atoms. The van der Waals surface area contributed by atoms with Gasteiger partial charge in [-0.25, -0.2) is 14.4 Å². The lowest BCUT2D eigenvalue weighted by Crippen LogP contribution is -2.06. The Balaban J connectivity index is 1.76. The molecule has 7 nitrogen and oxygen atoms in total. The first kappa shape index (κ1) is 19.2. The number of ether oxygens (including phenoxy) is 1. The van der Waals surface area contributed by atoms with Crippen LogP contribution in [0.2, 0.25) is 0 Å². The second-order valence-corrected chi connectivity index (χ2v) is 6.57. The summed E-state index contributed by atoms with van der Waals surface area (Å²) in [6, 6.07) is 15.6. The third kappa shape index (κ3) is 4.15. The molecule has 0 atom stereocenters. The Kier molecular flexibility index (Phi) is 5.44. The van der Waals surface area contributed by atoms with E-state index < -0.39 is 0 Å². The molecule has 2 aromatic heterocycles. The number of anilines is 1. The number of fused-ring (bicyclic) bond motifs is 1. The van der Waals surface area contributed by atoms with Gasteiger partial charge >= 0.3 is 0 Å². The van der Waals surface area contributed by atoms with Crippen molar-refractivity contribution >= 4 is 16.7 Å². The van der Waals surface area contributed by atoms with E-state index in [1.165, 1.54) is 18.5 Å². The maximum Gasteiger partial charge on any atom is 0.174 e. The third-order valence-electron chi connectivity index (χ3n) is 4.46. The van der Waals surface area contributed by atoms with Crippen molar-refractivity contribution < 1.29 is 9.13 Å². The summed E-state index contributed by atoms with van der Waals surface area (Å²) in [5, 5.41) is 21.1. The minimum atomic E-state index is -0.314. The van der Waals surface area contributed by atoms with Crippen molar-refractivity contribution in [3.8, 4) is 22.9 Å². The molecule has 0 amide bonds. The van der Waals surface area contributed by atoms with Crippen molar-refractivity contribution in [2.75, 3.05) is 11.9 Å². The second kappa shape index (κ2) is 8.49. The van der Waals surface area contributed by atoms with E-state index in [0.717, 1.165) is 22.5 Å². The lowest BCUT2D eigenvalue weighted by atomic mass is 10.0. The van der Waals surface area contributed by atoms with Crippen LogP contribution in [-0.2, 0) is 6.54 Å². The van der Waals surface area contributed by atoms with Crippen LogP contribution in [0.25, 0.3) is 22.0 Å². The lowest BCUT2D eigenvalue weighted by Gasteiger charge is -2.13. The van der Waals surface area contributed by atoms with E-state index in [1.807, 2.05) is 31.2 Å². The minimum Gasteiger partial charge on any atom is -0.476 e. The van der Waals surface area contributed by atoms with Gasteiger partial charge in [-0.05, 0) is 54.4 Å². The highest BCUT2D eigenvalue weighted by Gasteiger charge is 2.13. The molecule has 8 heteroatoms. The van der Waals surface area contributed by atoms with Gasteiger partial charge in [-0.15, -0.1) is 0 Å². The number of nitriles is 1. The highest BCUT2D eigenvalue weighted by molar-refractivity contribution is 5.96. The summed E-state index contributed by atoms with van der Waals surface area (Å²) in [6.07, 6.45) is 1.43. The Morgan fingerprint density at radius 1 is 1.03 bits per heavy atom. The smallest absolute Gasteiger partial charge is 0.174 e. The SMILES string of the molecule is Cc1ccc(CNc2ncnc3c(OCC#N)cc(-c4ccc(F)cc4)cc23)nn1. The van der Waals surface area contributed by atoms with Gasteiger partial charge in [0.2, 0.25) is 0 Å². The predicted molar refractivity (Wildman–Crippen MR) is 110 cm³/mol. The number of nitrogens with zero attached hydrogens (tertiary/aromatic N) is 5. The Hall–Kier alpha value is -4.12. The normalized spacial score (nSPS) is 10.6. The summed E-state index contributed by atoms with van der Waals surface area (Å²) < 4.78 is 19.0. The molecular weight excluding hydrogens is 383 g/mol. The lowest BCUT2D eigenvalue weighted by molar-refractivity contribution is 0.372. The number of benzene rings is 2. The molecular formula is C22H17FN6O. The molecule has 2 heterocycles. The fraction of sp³-hybridized carbons (Fsp3) is 0.136. The number of halogens is 1. The topological polar surface area (TPSA) is 96.6 Å². The average molecular weight is 400 g/mol. The van der Waals surface area contributed by atoms with Crippen molar-refractivity contribution in [3.05, 3.63) is 72.1 Å². The van der Waals surface area contributed by atoms with Crippen LogP contribution < -0.4 is 10.1 Å². The van der Waals surface area contributed by atoms with E-state index in [2.05, 4.69) is 25.5 Å². The third-order valence-corrected chi connectivity index (χ3v) is 4.46. The molecule has 4 aromatic rings. The molecule has 0 saturated heterocycles. The van der Waals surface area contributed by atoms with Gasteiger partial charge in [0.15, 0.2) is 6.61 Å². The Morgan fingerprint density at radius 2 is 1.87 bits per heavy atom. The van der Waals surface area contributed by atoms with Crippen molar-refractivity contribution in [1.82, 2.24) is 20.2 Å². The highest BCUT2D eigenvalue weighted by atomic mass is 19.1. The van der Waals surface area contributed by atoms with Crippen LogP contribution in [0.4, 0.5) is 10.2 Å². The van der Waals surface area contributed by atoms with Crippen LogP contribution in [0, 0.1) is 24.1 Å². The van der Waals surface area contributed by atoms with Crippen molar-refractivity contribution in [3.63, 3.8) is 0 Å². The summed E-state index contributed by atoms with van der Waals surface area (Å²) >= 11 is 0. The van der Waals surface area contributed by atoms with E-state index in [-0.39, 0.29) is 12.4 Å². The maximum absolute atomic E-state index is 13.4. The van der Waals surface area contributed by atoms with Gasteiger partial charge in [0.25, 0.3) is 0 Å². The molecule has 0 saturated carbocycles. The van der Waals surface area contributed by atoms with E-state index >= 15 is 0 Å². The van der Waals surface area contributed by atoms with Crippen LogP contribution in [-0.4, -0.2) is 26.8 Å².